The van der Waals surface area contributed by atoms with Crippen molar-refractivity contribution in [1.29, 1.82) is 0 Å². The second kappa shape index (κ2) is 7.89. The van der Waals surface area contributed by atoms with Gasteiger partial charge in [0.15, 0.2) is 0 Å². The van der Waals surface area contributed by atoms with Crippen LogP contribution in [0.25, 0.3) is 0 Å². The third kappa shape index (κ3) is 3.42. The molecule has 0 spiro atoms. The summed E-state index contributed by atoms with van der Waals surface area (Å²) in [7, 11) is 0. The number of fused-ring (bicyclic) bond motifs is 1. The van der Waals surface area contributed by atoms with Gasteiger partial charge in [-0.2, -0.15) is 0 Å². The molecule has 0 bridgehead atoms. The minimum atomic E-state index is -1.02. The molecule has 5 rings (SSSR count). The first kappa shape index (κ1) is 21.5. The first-order valence-corrected chi connectivity index (χ1v) is 11.8. The lowest BCUT2D eigenvalue weighted by molar-refractivity contribution is -0.136. The van der Waals surface area contributed by atoms with E-state index in [0.717, 1.165) is 36.6 Å². The second-order valence-corrected chi connectivity index (χ2v) is 10.00. The van der Waals surface area contributed by atoms with Gasteiger partial charge in [0.05, 0.1) is 11.8 Å². The predicted molar refractivity (Wildman–Crippen MR) is 119 cm³/mol. The number of piperidine rings is 1. The highest BCUT2D eigenvalue weighted by molar-refractivity contribution is 5.89. The van der Waals surface area contributed by atoms with E-state index < -0.39 is 11.0 Å². The number of aliphatic hydroxyl groups is 1. The molecule has 1 aromatic carbocycles. The third-order valence-corrected chi connectivity index (χ3v) is 8.29. The normalized spacial score (nSPS) is 31.2. The average molecular weight is 440 g/mol. The fraction of sp³-hybridized carbons (Fsp3) is 0.600. The molecule has 2 aliphatic heterocycles. The van der Waals surface area contributed by atoms with Gasteiger partial charge < -0.3 is 19.5 Å². The zero-order valence-electron chi connectivity index (χ0n) is 19.0. The summed E-state index contributed by atoms with van der Waals surface area (Å²) in [5.74, 6) is 0.813. The number of benzene rings is 1. The smallest absolute Gasteiger partial charge is 0.309 e. The van der Waals surface area contributed by atoms with Gasteiger partial charge in [-0.05, 0) is 81.7 Å². The molecule has 2 saturated heterocycles. The Kier molecular flexibility index (Phi) is 5.29. The largest absolute Gasteiger partial charge is 0.508 e. The van der Waals surface area contributed by atoms with Crippen LogP contribution in [0.1, 0.15) is 60.8 Å². The number of nitrogens with zero attached hydrogens (tertiary/aromatic N) is 3. The number of amides is 1. The Morgan fingerprint density at radius 1 is 1.22 bits per heavy atom. The number of carbonyl (C=O) groups is 1. The number of carbonyl (C=O) groups excluding carboxylic acids is 1. The van der Waals surface area contributed by atoms with Crippen molar-refractivity contribution in [3.8, 4) is 5.75 Å². The van der Waals surface area contributed by atoms with E-state index in [2.05, 4.69) is 16.8 Å². The molecule has 1 amide bonds. The van der Waals surface area contributed by atoms with Crippen molar-refractivity contribution >= 4 is 5.91 Å². The summed E-state index contributed by atoms with van der Waals surface area (Å²) in [6, 6.07) is 5.42. The van der Waals surface area contributed by atoms with Gasteiger partial charge in [-0.1, -0.05) is 6.07 Å². The molecule has 3 atom stereocenters. The molecule has 2 N–H and O–H groups in total. The van der Waals surface area contributed by atoms with E-state index in [9.17, 15) is 15.0 Å². The average Bonchev–Trinajstić information content (AvgIpc) is 3.46. The van der Waals surface area contributed by atoms with Crippen LogP contribution in [0.5, 0.6) is 5.75 Å². The van der Waals surface area contributed by atoms with Crippen molar-refractivity contribution in [3.63, 3.8) is 0 Å². The SMILES string of the molecule is Cc1ccc(O)cc1C12CCN(C(=O)c3ncco3)CCC1(O)C(C)N(CC1CC1)CC2. The standard InChI is InChI=1S/C25H33N3O4/c1-17-3-6-20(29)15-21(17)24-7-11-27(23(30)22-26-10-14-32-22)13-9-25(24,31)18(2)28(12-8-24)16-19-4-5-19/h3,6,10,14-15,18-19,29,31H,4-5,7-9,11-13,16H2,1-2H3. The molecule has 172 valence electrons. The molecular weight excluding hydrogens is 406 g/mol. The molecule has 32 heavy (non-hydrogen) atoms. The van der Waals surface area contributed by atoms with Crippen LogP contribution in [0.15, 0.2) is 35.1 Å². The van der Waals surface area contributed by atoms with Gasteiger partial charge in [-0.25, -0.2) is 4.98 Å². The first-order chi connectivity index (χ1) is 15.3. The second-order valence-electron chi connectivity index (χ2n) is 10.00. The predicted octanol–water partition coefficient (Wildman–Crippen LogP) is 3.10. The molecule has 1 aromatic heterocycles. The highest BCUT2D eigenvalue weighted by Gasteiger charge is 2.60. The lowest BCUT2D eigenvalue weighted by Gasteiger charge is -2.57. The molecule has 7 heteroatoms. The number of phenols is 1. The highest BCUT2D eigenvalue weighted by Crippen LogP contribution is 2.53. The Hall–Kier alpha value is -2.38. The number of aryl methyl sites for hydroxylation is 1. The van der Waals surface area contributed by atoms with Gasteiger partial charge >= 0.3 is 5.91 Å². The van der Waals surface area contributed by atoms with Crippen LogP contribution in [-0.4, -0.2) is 68.7 Å². The summed E-state index contributed by atoms with van der Waals surface area (Å²) in [5.41, 5.74) is 0.505. The maximum atomic E-state index is 13.0. The summed E-state index contributed by atoms with van der Waals surface area (Å²) in [5, 5.41) is 22.8. The van der Waals surface area contributed by atoms with Gasteiger partial charge in [-0.3, -0.25) is 9.69 Å². The molecule has 1 saturated carbocycles. The number of aromatic nitrogens is 1. The van der Waals surface area contributed by atoms with E-state index in [1.165, 1.54) is 25.3 Å². The number of phenolic OH excluding ortho intramolecular Hbond substituents is 1. The zero-order chi connectivity index (χ0) is 22.5. The Balaban J connectivity index is 1.54. The summed E-state index contributed by atoms with van der Waals surface area (Å²) < 4.78 is 5.26. The quantitative estimate of drug-likeness (QED) is 0.761. The zero-order valence-corrected chi connectivity index (χ0v) is 19.0. The Labute approximate surface area is 189 Å². The topological polar surface area (TPSA) is 90.0 Å². The van der Waals surface area contributed by atoms with Crippen molar-refractivity contribution in [3.05, 3.63) is 47.7 Å². The monoisotopic (exact) mass is 439 g/mol. The van der Waals surface area contributed by atoms with Crippen LogP contribution in [0.2, 0.25) is 0 Å². The van der Waals surface area contributed by atoms with Crippen LogP contribution >= 0.6 is 0 Å². The number of aromatic hydroxyl groups is 1. The van der Waals surface area contributed by atoms with Crippen molar-refractivity contribution in [2.75, 3.05) is 26.2 Å². The maximum absolute atomic E-state index is 13.0. The van der Waals surface area contributed by atoms with Crippen molar-refractivity contribution in [2.45, 2.75) is 63.0 Å². The van der Waals surface area contributed by atoms with Crippen LogP contribution in [0.4, 0.5) is 0 Å². The summed E-state index contributed by atoms with van der Waals surface area (Å²) in [6.07, 6.45) is 7.33. The van der Waals surface area contributed by atoms with Crippen molar-refractivity contribution < 1.29 is 19.4 Å². The minimum Gasteiger partial charge on any atom is -0.508 e. The van der Waals surface area contributed by atoms with Gasteiger partial charge in [-0.15, -0.1) is 0 Å². The number of hydrogen-bond donors (Lipinski definition) is 2. The Bertz CT molecular complexity index is 989. The number of likely N-dealkylation sites (tertiary alicyclic amines) is 2. The lowest BCUT2D eigenvalue weighted by atomic mass is 9.57. The van der Waals surface area contributed by atoms with Gasteiger partial charge in [0.25, 0.3) is 5.89 Å². The summed E-state index contributed by atoms with van der Waals surface area (Å²) >= 11 is 0. The van der Waals surface area contributed by atoms with E-state index in [4.69, 9.17) is 4.42 Å². The van der Waals surface area contributed by atoms with Gasteiger partial charge in [0, 0.05) is 31.1 Å². The van der Waals surface area contributed by atoms with E-state index in [1.54, 1.807) is 11.0 Å². The molecule has 0 radical (unpaired) electrons. The summed E-state index contributed by atoms with van der Waals surface area (Å²) in [4.78, 5) is 21.3. The molecule has 1 aliphatic carbocycles. The fourth-order valence-electron chi connectivity index (χ4n) is 6.16. The van der Waals surface area contributed by atoms with Gasteiger partial charge in [0.2, 0.25) is 0 Å². The maximum Gasteiger partial charge on any atom is 0.309 e. The van der Waals surface area contributed by atoms with E-state index >= 15 is 0 Å². The van der Waals surface area contributed by atoms with Gasteiger partial charge in [0.1, 0.15) is 12.0 Å². The third-order valence-electron chi connectivity index (χ3n) is 8.29. The minimum absolute atomic E-state index is 0.0459. The molecule has 3 heterocycles. The molecule has 3 aliphatic rings. The van der Waals surface area contributed by atoms with Crippen molar-refractivity contribution in [2.24, 2.45) is 5.92 Å². The Morgan fingerprint density at radius 2 is 1.97 bits per heavy atom. The fourth-order valence-corrected chi connectivity index (χ4v) is 6.16. The molecule has 2 aromatic rings. The first-order valence-electron chi connectivity index (χ1n) is 11.8. The van der Waals surface area contributed by atoms with E-state index in [-0.39, 0.29) is 23.6 Å². The number of hydrogen-bond acceptors (Lipinski definition) is 6. The summed E-state index contributed by atoms with van der Waals surface area (Å²) in [6.45, 7) is 7.07. The van der Waals surface area contributed by atoms with Crippen LogP contribution < -0.4 is 0 Å². The molecular formula is C25H33N3O4. The van der Waals surface area contributed by atoms with Crippen molar-refractivity contribution in [1.82, 2.24) is 14.8 Å². The molecule has 3 unspecified atom stereocenters. The number of rotatable bonds is 4. The van der Waals surface area contributed by atoms with Crippen LogP contribution in [-0.2, 0) is 5.41 Å². The Morgan fingerprint density at radius 3 is 2.69 bits per heavy atom. The van der Waals surface area contributed by atoms with E-state index in [0.29, 0.717) is 25.9 Å². The number of oxazole rings is 1. The van der Waals surface area contributed by atoms with Crippen LogP contribution in [0.3, 0.4) is 0 Å². The molecule has 7 nitrogen and oxygen atoms in total. The lowest BCUT2D eigenvalue weighted by Crippen LogP contribution is -2.68. The van der Waals surface area contributed by atoms with E-state index in [1.807, 2.05) is 19.1 Å². The van der Waals surface area contributed by atoms with Crippen LogP contribution in [0, 0.1) is 12.8 Å². The highest BCUT2D eigenvalue weighted by atomic mass is 16.4. The molecule has 3 fully saturated rings.